The molecule has 0 heterocycles. The van der Waals surface area contributed by atoms with Gasteiger partial charge in [-0.25, -0.2) is 0 Å². The summed E-state index contributed by atoms with van der Waals surface area (Å²) < 4.78 is 31.2. The Bertz CT molecular complexity index is 879. The lowest BCUT2D eigenvalue weighted by atomic mass is 9.44. The molecule has 8 heteroatoms. The number of fused-ring (bicyclic) bond motifs is 5. The molecule has 1 amide bonds. The molecule has 4 aliphatic carbocycles. The monoisotopic (exact) mass is 513 g/mol. The van der Waals surface area contributed by atoms with Gasteiger partial charge in [0.2, 0.25) is 5.91 Å². The molecule has 202 valence electrons. The van der Waals surface area contributed by atoms with Crippen LogP contribution < -0.4 is 5.32 Å². The summed E-state index contributed by atoms with van der Waals surface area (Å²) in [6.45, 7) is 6.78. The summed E-state index contributed by atoms with van der Waals surface area (Å²) in [5.41, 5.74) is 0.698. The van der Waals surface area contributed by atoms with Crippen LogP contribution in [-0.2, 0) is 14.9 Å². The molecule has 4 rings (SSSR count). The number of nitrogens with one attached hydrogen (secondary N) is 1. The van der Waals surface area contributed by atoms with E-state index in [9.17, 15) is 23.4 Å². The molecule has 7 nitrogen and oxygen atoms in total. The highest BCUT2D eigenvalue weighted by atomic mass is 32.2. The molecular weight excluding hydrogens is 466 g/mol. The van der Waals surface area contributed by atoms with Gasteiger partial charge in [-0.15, -0.1) is 0 Å². The number of hydrogen-bond acceptors (Lipinski definition) is 5. The zero-order chi connectivity index (χ0) is 25.6. The smallest absolute Gasteiger partial charge is 0.266 e. The van der Waals surface area contributed by atoms with Crippen molar-refractivity contribution in [1.29, 1.82) is 0 Å². The third-order valence-electron chi connectivity index (χ3n) is 11.2. The van der Waals surface area contributed by atoms with E-state index in [-0.39, 0.29) is 12.0 Å². The summed E-state index contributed by atoms with van der Waals surface area (Å²) >= 11 is 0. The quantitative estimate of drug-likeness (QED) is 0.366. The van der Waals surface area contributed by atoms with E-state index >= 15 is 0 Å². The fourth-order valence-electron chi connectivity index (χ4n) is 9.46. The van der Waals surface area contributed by atoms with Crippen molar-refractivity contribution in [3.05, 3.63) is 0 Å². The average Bonchev–Trinajstić information content (AvgIpc) is 3.14. The van der Waals surface area contributed by atoms with Gasteiger partial charge in [0.05, 0.1) is 24.5 Å². The maximum atomic E-state index is 12.4. The SMILES string of the molecule is CC(CCC(=O)NC(CO)CS(=O)(=O)O)C1CCC2C3CCC4CC(O)CCC4(C)C3CCC12C. The molecule has 4 N–H and O–H groups in total. The Morgan fingerprint density at radius 3 is 2.40 bits per heavy atom. The molecular formula is C27H47NO6S. The number of hydrogen-bond donors (Lipinski definition) is 4. The lowest BCUT2D eigenvalue weighted by molar-refractivity contribution is -0.130. The third-order valence-corrected chi connectivity index (χ3v) is 12.0. The lowest BCUT2D eigenvalue weighted by Crippen LogP contribution is -2.54. The second-order valence-electron chi connectivity index (χ2n) is 13.0. The fourth-order valence-corrected chi connectivity index (χ4v) is 10.2. The minimum atomic E-state index is -4.26. The molecule has 4 saturated carbocycles. The molecule has 0 radical (unpaired) electrons. The van der Waals surface area contributed by atoms with Crippen LogP contribution in [0.5, 0.6) is 0 Å². The van der Waals surface area contributed by atoms with Crippen LogP contribution in [0.1, 0.15) is 91.4 Å². The van der Waals surface area contributed by atoms with Gasteiger partial charge in [-0.2, -0.15) is 8.42 Å². The van der Waals surface area contributed by atoms with E-state index in [1.165, 1.54) is 44.9 Å². The van der Waals surface area contributed by atoms with Crippen LogP contribution in [-0.4, -0.2) is 53.6 Å². The van der Waals surface area contributed by atoms with E-state index in [1.54, 1.807) is 0 Å². The first kappa shape index (κ1) is 27.3. The second-order valence-corrected chi connectivity index (χ2v) is 14.5. The number of carbonyl (C=O) groups is 1. The lowest BCUT2D eigenvalue weighted by Gasteiger charge is -2.61. The summed E-state index contributed by atoms with van der Waals surface area (Å²) in [5, 5.41) is 22.2. The van der Waals surface area contributed by atoms with Gasteiger partial charge in [-0.1, -0.05) is 20.8 Å². The Balaban J connectivity index is 1.36. The van der Waals surface area contributed by atoms with Crippen molar-refractivity contribution >= 4 is 16.0 Å². The molecule has 0 saturated heterocycles. The summed E-state index contributed by atoms with van der Waals surface area (Å²) in [4.78, 5) is 12.4. The topological polar surface area (TPSA) is 124 Å². The van der Waals surface area contributed by atoms with E-state index in [0.29, 0.717) is 35.0 Å². The van der Waals surface area contributed by atoms with Crippen LogP contribution in [0.3, 0.4) is 0 Å². The van der Waals surface area contributed by atoms with Gasteiger partial charge in [-0.05, 0) is 111 Å². The first-order chi connectivity index (χ1) is 16.4. The van der Waals surface area contributed by atoms with Gasteiger partial charge in [0.15, 0.2) is 0 Å². The molecule has 35 heavy (non-hydrogen) atoms. The zero-order valence-corrected chi connectivity index (χ0v) is 22.6. The molecule has 4 aliphatic rings. The Morgan fingerprint density at radius 2 is 1.71 bits per heavy atom. The third kappa shape index (κ3) is 5.46. The van der Waals surface area contributed by atoms with Crippen LogP contribution in [0.25, 0.3) is 0 Å². The van der Waals surface area contributed by atoms with E-state index < -0.39 is 28.5 Å². The molecule has 0 spiro atoms. The summed E-state index contributed by atoms with van der Waals surface area (Å²) in [5.74, 6) is 3.05. The van der Waals surface area contributed by atoms with Crippen molar-refractivity contribution in [3.8, 4) is 0 Å². The molecule has 0 bridgehead atoms. The minimum Gasteiger partial charge on any atom is -0.394 e. The molecule has 4 fully saturated rings. The summed E-state index contributed by atoms with van der Waals surface area (Å²) in [6, 6.07) is -0.978. The number of rotatable bonds is 8. The number of aliphatic hydroxyl groups excluding tert-OH is 2. The Kier molecular flexibility index (Phi) is 7.98. The summed E-state index contributed by atoms with van der Waals surface area (Å²) in [7, 11) is -4.26. The van der Waals surface area contributed by atoms with Gasteiger partial charge in [0, 0.05) is 6.42 Å². The maximum absolute atomic E-state index is 12.4. The molecule has 0 aromatic carbocycles. The van der Waals surface area contributed by atoms with Gasteiger partial charge >= 0.3 is 0 Å². The fraction of sp³-hybridized carbons (Fsp3) is 0.963. The molecule has 0 aliphatic heterocycles. The molecule has 0 aromatic heterocycles. The maximum Gasteiger partial charge on any atom is 0.266 e. The molecule has 10 unspecified atom stereocenters. The van der Waals surface area contributed by atoms with Crippen LogP contribution in [0, 0.1) is 46.3 Å². The highest BCUT2D eigenvalue weighted by Crippen LogP contribution is 2.68. The first-order valence-corrected chi connectivity index (χ1v) is 15.5. The second kappa shape index (κ2) is 10.2. The van der Waals surface area contributed by atoms with Crippen molar-refractivity contribution in [3.63, 3.8) is 0 Å². The van der Waals surface area contributed by atoms with Crippen molar-refractivity contribution in [1.82, 2.24) is 5.32 Å². The van der Waals surface area contributed by atoms with Crippen molar-refractivity contribution in [2.75, 3.05) is 12.4 Å². The van der Waals surface area contributed by atoms with Gasteiger partial charge in [0.25, 0.3) is 10.1 Å². The largest absolute Gasteiger partial charge is 0.394 e. The van der Waals surface area contributed by atoms with Gasteiger partial charge in [-0.3, -0.25) is 9.35 Å². The Hall–Kier alpha value is -0.700. The van der Waals surface area contributed by atoms with Gasteiger partial charge < -0.3 is 15.5 Å². The highest BCUT2D eigenvalue weighted by Gasteiger charge is 2.60. The minimum absolute atomic E-state index is 0.104. The van der Waals surface area contributed by atoms with E-state index in [2.05, 4.69) is 26.1 Å². The normalized spacial score (nSPS) is 42.9. The van der Waals surface area contributed by atoms with Crippen LogP contribution in [0.2, 0.25) is 0 Å². The zero-order valence-electron chi connectivity index (χ0n) is 21.8. The average molecular weight is 514 g/mol. The Morgan fingerprint density at radius 1 is 1.03 bits per heavy atom. The van der Waals surface area contributed by atoms with Gasteiger partial charge in [0.1, 0.15) is 0 Å². The highest BCUT2D eigenvalue weighted by molar-refractivity contribution is 7.85. The molecule has 10 atom stereocenters. The summed E-state index contributed by atoms with van der Waals surface area (Å²) in [6.07, 6.45) is 11.7. The first-order valence-electron chi connectivity index (χ1n) is 13.9. The van der Waals surface area contributed by atoms with Crippen LogP contribution >= 0.6 is 0 Å². The Labute approximate surface area is 211 Å². The number of aliphatic hydroxyl groups is 2. The standard InChI is InChI=1S/C27H47NO6S/c1-17(4-9-25(31)28-19(15-29)16-35(32,33)34)22-7-8-23-21-6-5-18-14-20(30)10-12-26(18,2)24(21)11-13-27(22,23)3/h17-24,29-30H,4-16H2,1-3H3,(H,28,31)(H,32,33,34). The molecule has 0 aromatic rings. The van der Waals surface area contributed by atoms with Crippen molar-refractivity contribution < 1.29 is 28.0 Å². The van der Waals surface area contributed by atoms with E-state index in [1.807, 2.05) is 0 Å². The van der Waals surface area contributed by atoms with Crippen LogP contribution in [0.4, 0.5) is 0 Å². The predicted molar refractivity (Wildman–Crippen MR) is 135 cm³/mol. The number of carbonyl (C=O) groups excluding carboxylic acids is 1. The van der Waals surface area contributed by atoms with Crippen LogP contribution in [0.15, 0.2) is 0 Å². The van der Waals surface area contributed by atoms with E-state index in [0.717, 1.165) is 37.0 Å². The van der Waals surface area contributed by atoms with Crippen molar-refractivity contribution in [2.45, 2.75) is 104 Å². The number of amides is 1. The predicted octanol–water partition coefficient (Wildman–Crippen LogP) is 3.79. The van der Waals surface area contributed by atoms with Crippen molar-refractivity contribution in [2.24, 2.45) is 46.3 Å². The van der Waals surface area contributed by atoms with E-state index in [4.69, 9.17) is 4.55 Å².